The third kappa shape index (κ3) is 7.39. The zero-order valence-electron chi connectivity index (χ0n) is 19.0. The molecule has 1 unspecified atom stereocenters. The molecule has 0 aliphatic rings. The van der Waals surface area contributed by atoms with Gasteiger partial charge >= 0.3 is 0 Å². The Labute approximate surface area is 188 Å². The number of aryl methyl sites for hydroxylation is 1. The second-order valence-electron chi connectivity index (χ2n) is 7.55. The monoisotopic (exact) mass is 440 g/mol. The van der Waals surface area contributed by atoms with Crippen molar-refractivity contribution in [2.75, 3.05) is 31.0 Å². The van der Waals surface area contributed by atoms with E-state index in [1.54, 1.807) is 31.3 Å². The zero-order valence-corrected chi connectivity index (χ0v) is 19.0. The van der Waals surface area contributed by atoms with Crippen molar-refractivity contribution in [1.82, 2.24) is 14.9 Å². The summed E-state index contributed by atoms with van der Waals surface area (Å²) < 4.78 is 26.4. The molecule has 0 saturated heterocycles. The van der Waals surface area contributed by atoms with E-state index < -0.39 is 12.0 Å². The van der Waals surface area contributed by atoms with Gasteiger partial charge in [0.25, 0.3) is 0 Å². The number of nitrogens with one attached hydrogen (secondary N) is 1. The first-order chi connectivity index (χ1) is 15.2. The Morgan fingerprint density at radius 3 is 2.53 bits per heavy atom. The molecule has 0 radical (unpaired) electrons. The minimum atomic E-state index is -0.655. The topological polar surface area (TPSA) is 56.6 Å². The van der Waals surface area contributed by atoms with Crippen LogP contribution in [0.4, 0.5) is 26.0 Å². The molecule has 2 heterocycles. The molecule has 0 aliphatic heterocycles. The first-order valence-corrected chi connectivity index (χ1v) is 10.2. The van der Waals surface area contributed by atoms with E-state index in [2.05, 4.69) is 33.7 Å². The van der Waals surface area contributed by atoms with Crippen molar-refractivity contribution in [3.63, 3.8) is 0 Å². The van der Waals surface area contributed by atoms with Crippen LogP contribution in [0.15, 0.2) is 60.5 Å². The Morgan fingerprint density at radius 1 is 1.22 bits per heavy atom. The highest BCUT2D eigenvalue weighted by Crippen LogP contribution is 2.25. The molecule has 6 nitrogen and oxygen atoms in total. The van der Waals surface area contributed by atoms with Gasteiger partial charge in [-0.2, -0.15) is 5.10 Å². The Bertz CT molecular complexity index is 1040. The number of aromatic nitrogens is 2. The summed E-state index contributed by atoms with van der Waals surface area (Å²) in [6, 6.07) is 10.3. The molecule has 0 fully saturated rings. The molecular weight excluding hydrogens is 410 g/mol. The fourth-order valence-electron chi connectivity index (χ4n) is 2.75. The minimum absolute atomic E-state index is 0.311. The number of nitrogens with zero attached hydrogens (tertiary/aromatic N) is 5. The number of rotatable bonds is 8. The summed E-state index contributed by atoms with van der Waals surface area (Å²) in [7, 11) is 3.89. The van der Waals surface area contributed by atoms with E-state index in [0.717, 1.165) is 23.1 Å². The Morgan fingerprint density at radius 2 is 1.97 bits per heavy atom. The van der Waals surface area contributed by atoms with Gasteiger partial charge in [-0.3, -0.25) is 4.98 Å². The molecule has 0 bridgehead atoms. The van der Waals surface area contributed by atoms with Crippen LogP contribution >= 0.6 is 0 Å². The number of hydrogen-bond donors (Lipinski definition) is 1. The highest BCUT2D eigenvalue weighted by atomic mass is 19.1. The maximum Gasteiger partial charge on any atom is 0.148 e. The Kier molecular flexibility index (Phi) is 9.22. The largest absolute Gasteiger partial charge is 0.338 e. The van der Waals surface area contributed by atoms with E-state index in [-0.39, 0.29) is 0 Å². The quantitative estimate of drug-likeness (QED) is 0.361. The standard InChI is InChI=1S/C18H16FN5.C6H14FN/c1-4-24(20-3)14-7-8-16(15(19)9-14)23-18-10-17-13(11-21-18)6-5-12(2)22-17;1-6(7)4-5-8(2)3/h4-11H,1,3H2,2H3,(H,21,23);6H,4-5H2,1-3H3. The lowest BCUT2D eigenvalue weighted by atomic mass is 10.2. The molecule has 2 aromatic heterocycles. The van der Waals surface area contributed by atoms with Crippen molar-refractivity contribution in [3.05, 3.63) is 66.9 Å². The van der Waals surface area contributed by atoms with E-state index in [9.17, 15) is 8.78 Å². The molecule has 0 saturated carbocycles. The molecule has 0 amide bonds. The van der Waals surface area contributed by atoms with Gasteiger partial charge in [-0.1, -0.05) is 6.58 Å². The van der Waals surface area contributed by atoms with Crippen LogP contribution in [0.2, 0.25) is 0 Å². The lowest BCUT2D eigenvalue weighted by Crippen LogP contribution is -2.15. The number of halogens is 2. The number of pyridine rings is 2. The zero-order chi connectivity index (χ0) is 23.7. The number of anilines is 3. The molecule has 3 rings (SSSR count). The van der Waals surface area contributed by atoms with Gasteiger partial charge in [0.1, 0.15) is 11.6 Å². The van der Waals surface area contributed by atoms with Gasteiger partial charge in [0.05, 0.1) is 23.1 Å². The summed E-state index contributed by atoms with van der Waals surface area (Å²) in [6.45, 7) is 11.4. The molecule has 170 valence electrons. The molecule has 8 heteroatoms. The normalized spacial score (nSPS) is 11.5. The molecule has 1 aromatic carbocycles. The van der Waals surface area contributed by atoms with E-state index >= 15 is 0 Å². The highest BCUT2D eigenvalue weighted by Gasteiger charge is 2.08. The summed E-state index contributed by atoms with van der Waals surface area (Å²) in [4.78, 5) is 10.7. The third-order valence-electron chi connectivity index (χ3n) is 4.49. The number of hydrazone groups is 1. The predicted octanol–water partition coefficient (Wildman–Crippen LogP) is 5.68. The lowest BCUT2D eigenvalue weighted by molar-refractivity contribution is 0.291. The first-order valence-electron chi connectivity index (χ1n) is 10.2. The molecule has 1 N–H and O–H groups in total. The average molecular weight is 441 g/mol. The van der Waals surface area contributed by atoms with Crippen LogP contribution < -0.4 is 10.3 Å². The van der Waals surface area contributed by atoms with Crippen LogP contribution in [0.5, 0.6) is 0 Å². The summed E-state index contributed by atoms with van der Waals surface area (Å²) in [5.41, 5.74) is 2.56. The van der Waals surface area contributed by atoms with Gasteiger partial charge in [-0.15, -0.1) is 0 Å². The number of benzene rings is 1. The smallest absolute Gasteiger partial charge is 0.148 e. The maximum absolute atomic E-state index is 14.3. The van der Waals surface area contributed by atoms with Crippen molar-refractivity contribution in [1.29, 1.82) is 0 Å². The predicted molar refractivity (Wildman–Crippen MR) is 130 cm³/mol. The van der Waals surface area contributed by atoms with Crippen LogP contribution in [0.25, 0.3) is 10.9 Å². The van der Waals surface area contributed by atoms with Gasteiger partial charge in [0.2, 0.25) is 0 Å². The van der Waals surface area contributed by atoms with Gasteiger partial charge in [0, 0.05) is 48.9 Å². The first kappa shape index (κ1) is 24.9. The molecule has 0 spiro atoms. The molecular formula is C24H30F2N6. The van der Waals surface area contributed by atoms with Crippen LogP contribution in [0.3, 0.4) is 0 Å². The van der Waals surface area contributed by atoms with Crippen LogP contribution in [0, 0.1) is 12.7 Å². The van der Waals surface area contributed by atoms with E-state index in [1.165, 1.54) is 17.3 Å². The molecule has 3 aromatic rings. The highest BCUT2D eigenvalue weighted by molar-refractivity contribution is 5.81. The van der Waals surface area contributed by atoms with Crippen molar-refractivity contribution in [2.45, 2.75) is 26.4 Å². The van der Waals surface area contributed by atoms with E-state index in [1.807, 2.05) is 38.1 Å². The summed E-state index contributed by atoms with van der Waals surface area (Å²) in [5.74, 6) is 0.0942. The Balaban J connectivity index is 0.000000390. The van der Waals surface area contributed by atoms with E-state index in [0.29, 0.717) is 23.6 Å². The maximum atomic E-state index is 14.3. The second-order valence-corrected chi connectivity index (χ2v) is 7.55. The molecule has 1 atom stereocenters. The minimum Gasteiger partial charge on any atom is -0.338 e. The van der Waals surface area contributed by atoms with Gasteiger partial charge in [-0.05, 0) is 58.6 Å². The van der Waals surface area contributed by atoms with E-state index in [4.69, 9.17) is 0 Å². The number of fused-ring (bicyclic) bond motifs is 1. The van der Waals surface area contributed by atoms with Crippen molar-refractivity contribution in [3.8, 4) is 0 Å². The second kappa shape index (κ2) is 11.9. The Hall–Kier alpha value is -3.39. The van der Waals surface area contributed by atoms with Gasteiger partial charge < -0.3 is 10.2 Å². The fourth-order valence-corrected chi connectivity index (χ4v) is 2.75. The van der Waals surface area contributed by atoms with Crippen LogP contribution in [-0.2, 0) is 0 Å². The van der Waals surface area contributed by atoms with Crippen LogP contribution in [0.1, 0.15) is 19.0 Å². The third-order valence-corrected chi connectivity index (χ3v) is 4.49. The number of alkyl halides is 1. The van der Waals surface area contributed by atoms with Crippen LogP contribution in [-0.4, -0.2) is 48.4 Å². The molecule has 0 aliphatic carbocycles. The number of hydrogen-bond acceptors (Lipinski definition) is 6. The van der Waals surface area contributed by atoms with Gasteiger partial charge in [-0.25, -0.2) is 18.8 Å². The van der Waals surface area contributed by atoms with Gasteiger partial charge in [0.15, 0.2) is 0 Å². The van der Waals surface area contributed by atoms with Crippen molar-refractivity contribution >= 4 is 34.8 Å². The average Bonchev–Trinajstić information content (AvgIpc) is 2.75. The molecule has 32 heavy (non-hydrogen) atoms. The summed E-state index contributed by atoms with van der Waals surface area (Å²) in [6.07, 6.45) is 3.15. The van der Waals surface area contributed by atoms with Crippen molar-refractivity contribution < 1.29 is 8.78 Å². The fraction of sp³-hybridized carbons (Fsp3) is 0.292. The summed E-state index contributed by atoms with van der Waals surface area (Å²) >= 11 is 0. The SMILES string of the molecule is C=CN(N=C)c1ccc(Nc2cc3nc(C)ccc3cn2)c(F)c1.CC(F)CCN(C)C. The van der Waals surface area contributed by atoms with Crippen molar-refractivity contribution in [2.24, 2.45) is 5.10 Å². The lowest BCUT2D eigenvalue weighted by Gasteiger charge is -2.14. The summed E-state index contributed by atoms with van der Waals surface area (Å²) in [5, 5.41) is 9.01.